The first-order valence-corrected chi connectivity index (χ1v) is 10.5. The Bertz CT molecular complexity index is 1040. The van der Waals surface area contributed by atoms with Crippen LogP contribution in [0.3, 0.4) is 0 Å². The van der Waals surface area contributed by atoms with Gasteiger partial charge in [0.2, 0.25) is 5.91 Å². The SMILES string of the molecule is C=CCn1c(S[C@H](C)C(=O)Nc2ccc(C)cc2C)nnc1-c1ccc(OC)cc1. The third-order valence-electron chi connectivity index (χ3n) is 4.67. The zero-order valence-corrected chi connectivity index (χ0v) is 18.5. The molecular formula is C23H26N4O2S. The van der Waals surface area contributed by atoms with E-state index in [0.717, 1.165) is 34.0 Å². The van der Waals surface area contributed by atoms with Crippen LogP contribution in [-0.2, 0) is 11.3 Å². The maximum Gasteiger partial charge on any atom is 0.237 e. The Hall–Kier alpha value is -3.06. The van der Waals surface area contributed by atoms with Crippen LogP contribution in [0.1, 0.15) is 18.1 Å². The normalized spacial score (nSPS) is 11.7. The van der Waals surface area contributed by atoms with Gasteiger partial charge < -0.3 is 10.1 Å². The van der Waals surface area contributed by atoms with Crippen LogP contribution < -0.4 is 10.1 Å². The average molecular weight is 423 g/mol. The second-order valence-electron chi connectivity index (χ2n) is 7.00. The standard InChI is InChI=1S/C23H26N4O2S/c1-6-13-27-21(18-8-10-19(29-5)11-9-18)25-26-23(27)30-17(4)22(28)24-20-12-7-15(2)14-16(20)3/h6-12,14,17H,1,13H2,2-5H3,(H,24,28)/t17-/m1/s1. The first-order valence-electron chi connectivity index (χ1n) is 9.66. The molecule has 6 nitrogen and oxygen atoms in total. The highest BCUT2D eigenvalue weighted by Crippen LogP contribution is 2.28. The fourth-order valence-electron chi connectivity index (χ4n) is 3.02. The fourth-order valence-corrected chi connectivity index (χ4v) is 3.88. The van der Waals surface area contributed by atoms with E-state index in [2.05, 4.69) is 28.2 Å². The van der Waals surface area contributed by atoms with Gasteiger partial charge in [-0.3, -0.25) is 9.36 Å². The van der Waals surface area contributed by atoms with Gasteiger partial charge in [-0.25, -0.2) is 0 Å². The number of allylic oxidation sites excluding steroid dienone is 1. The molecule has 0 saturated heterocycles. The third-order valence-corrected chi connectivity index (χ3v) is 5.75. The number of carbonyl (C=O) groups is 1. The highest BCUT2D eigenvalue weighted by molar-refractivity contribution is 8.00. The number of anilines is 1. The van der Waals surface area contributed by atoms with Crippen molar-refractivity contribution in [1.29, 1.82) is 0 Å². The molecule has 1 aromatic heterocycles. The van der Waals surface area contributed by atoms with E-state index in [4.69, 9.17) is 4.74 Å². The number of aryl methyl sites for hydroxylation is 2. The Balaban J connectivity index is 1.78. The van der Waals surface area contributed by atoms with Crippen LogP contribution in [-0.4, -0.2) is 33.0 Å². The number of benzene rings is 2. The second-order valence-corrected chi connectivity index (χ2v) is 8.31. The van der Waals surface area contributed by atoms with Crippen molar-refractivity contribution in [2.75, 3.05) is 12.4 Å². The predicted octanol–water partition coefficient (Wildman–Crippen LogP) is 4.88. The summed E-state index contributed by atoms with van der Waals surface area (Å²) in [6.07, 6.45) is 1.79. The number of aromatic nitrogens is 3. The van der Waals surface area contributed by atoms with Gasteiger partial charge in [0.15, 0.2) is 11.0 Å². The number of carbonyl (C=O) groups excluding carboxylic acids is 1. The van der Waals surface area contributed by atoms with Crippen molar-refractivity contribution < 1.29 is 9.53 Å². The number of rotatable bonds is 8. The Morgan fingerprint density at radius 1 is 1.23 bits per heavy atom. The zero-order valence-electron chi connectivity index (χ0n) is 17.7. The quantitative estimate of drug-likeness (QED) is 0.414. The number of amides is 1. The van der Waals surface area contributed by atoms with Crippen molar-refractivity contribution >= 4 is 23.4 Å². The maximum atomic E-state index is 12.7. The molecule has 0 aliphatic heterocycles. The number of hydrogen-bond donors (Lipinski definition) is 1. The van der Waals surface area contributed by atoms with Gasteiger partial charge in [0.05, 0.1) is 12.4 Å². The topological polar surface area (TPSA) is 69.0 Å². The van der Waals surface area contributed by atoms with Crippen molar-refractivity contribution in [2.45, 2.75) is 37.7 Å². The molecule has 0 aliphatic carbocycles. The van der Waals surface area contributed by atoms with E-state index in [1.807, 2.05) is 61.7 Å². The van der Waals surface area contributed by atoms with Gasteiger partial charge in [-0.2, -0.15) is 0 Å². The minimum Gasteiger partial charge on any atom is -0.497 e. The lowest BCUT2D eigenvalue weighted by atomic mass is 10.1. The molecule has 3 aromatic rings. The summed E-state index contributed by atoms with van der Waals surface area (Å²) < 4.78 is 7.18. The van der Waals surface area contributed by atoms with Gasteiger partial charge >= 0.3 is 0 Å². The maximum absolute atomic E-state index is 12.7. The third kappa shape index (κ3) is 4.91. The fraction of sp³-hybridized carbons (Fsp3) is 0.261. The number of nitrogens with zero attached hydrogens (tertiary/aromatic N) is 3. The lowest BCUT2D eigenvalue weighted by Gasteiger charge is -2.14. The molecule has 0 fully saturated rings. The largest absolute Gasteiger partial charge is 0.497 e. The molecule has 30 heavy (non-hydrogen) atoms. The van der Waals surface area contributed by atoms with Crippen molar-refractivity contribution in [3.8, 4) is 17.1 Å². The Morgan fingerprint density at radius 3 is 2.60 bits per heavy atom. The lowest BCUT2D eigenvalue weighted by molar-refractivity contribution is -0.115. The van der Waals surface area contributed by atoms with Crippen molar-refractivity contribution in [2.24, 2.45) is 0 Å². The number of methoxy groups -OCH3 is 1. The molecule has 1 heterocycles. The van der Waals surface area contributed by atoms with Gasteiger partial charge in [-0.05, 0) is 56.7 Å². The molecule has 1 N–H and O–H groups in total. The Kier molecular flexibility index (Phi) is 6.95. The minimum atomic E-state index is -0.345. The van der Waals surface area contributed by atoms with Crippen LogP contribution in [0.5, 0.6) is 5.75 Å². The van der Waals surface area contributed by atoms with Crippen LogP contribution in [0, 0.1) is 13.8 Å². The number of thioether (sulfide) groups is 1. The summed E-state index contributed by atoms with van der Waals surface area (Å²) in [6, 6.07) is 13.6. The summed E-state index contributed by atoms with van der Waals surface area (Å²) in [5.41, 5.74) is 3.95. The highest BCUT2D eigenvalue weighted by Gasteiger charge is 2.21. The molecule has 0 aliphatic rings. The summed E-state index contributed by atoms with van der Waals surface area (Å²) in [6.45, 7) is 10.3. The summed E-state index contributed by atoms with van der Waals surface area (Å²) >= 11 is 1.37. The molecule has 3 rings (SSSR count). The van der Waals surface area contributed by atoms with E-state index in [1.165, 1.54) is 11.8 Å². The van der Waals surface area contributed by atoms with Gasteiger partial charge in [-0.1, -0.05) is 35.5 Å². The Morgan fingerprint density at radius 2 is 1.97 bits per heavy atom. The first kappa shape index (κ1) is 21.6. The molecular weight excluding hydrogens is 396 g/mol. The van der Waals surface area contributed by atoms with Crippen molar-refractivity contribution in [3.63, 3.8) is 0 Å². The van der Waals surface area contributed by atoms with E-state index >= 15 is 0 Å². The second kappa shape index (κ2) is 9.63. The molecule has 1 amide bonds. The van der Waals surface area contributed by atoms with Crippen LogP contribution in [0.25, 0.3) is 11.4 Å². The van der Waals surface area contributed by atoms with E-state index in [1.54, 1.807) is 13.2 Å². The van der Waals surface area contributed by atoms with Crippen LogP contribution in [0.15, 0.2) is 60.3 Å². The molecule has 0 bridgehead atoms. The van der Waals surface area contributed by atoms with Crippen LogP contribution >= 0.6 is 11.8 Å². The monoisotopic (exact) mass is 422 g/mol. The molecule has 156 valence electrons. The van der Waals surface area contributed by atoms with Gasteiger partial charge in [-0.15, -0.1) is 16.8 Å². The molecule has 7 heteroatoms. The van der Waals surface area contributed by atoms with Crippen molar-refractivity contribution in [1.82, 2.24) is 14.8 Å². The molecule has 1 atom stereocenters. The van der Waals surface area contributed by atoms with E-state index in [0.29, 0.717) is 11.7 Å². The minimum absolute atomic E-state index is 0.0777. The van der Waals surface area contributed by atoms with Crippen molar-refractivity contribution in [3.05, 3.63) is 66.2 Å². The summed E-state index contributed by atoms with van der Waals surface area (Å²) in [7, 11) is 1.63. The summed E-state index contributed by atoms with van der Waals surface area (Å²) in [4.78, 5) is 12.7. The van der Waals surface area contributed by atoms with E-state index in [9.17, 15) is 4.79 Å². The zero-order chi connectivity index (χ0) is 21.7. The van der Waals surface area contributed by atoms with E-state index in [-0.39, 0.29) is 11.2 Å². The molecule has 0 unspecified atom stereocenters. The number of nitrogens with one attached hydrogen (secondary N) is 1. The molecule has 0 spiro atoms. The van der Waals surface area contributed by atoms with Gasteiger partial charge in [0.1, 0.15) is 5.75 Å². The van der Waals surface area contributed by atoms with Gasteiger partial charge in [0.25, 0.3) is 0 Å². The predicted molar refractivity (Wildman–Crippen MR) is 122 cm³/mol. The van der Waals surface area contributed by atoms with Crippen LogP contribution in [0.4, 0.5) is 5.69 Å². The first-order chi connectivity index (χ1) is 14.4. The molecule has 2 aromatic carbocycles. The van der Waals surface area contributed by atoms with Crippen LogP contribution in [0.2, 0.25) is 0 Å². The molecule has 0 radical (unpaired) electrons. The number of hydrogen-bond acceptors (Lipinski definition) is 5. The van der Waals surface area contributed by atoms with Gasteiger partial charge in [0, 0.05) is 17.8 Å². The average Bonchev–Trinajstić information content (AvgIpc) is 3.12. The summed E-state index contributed by atoms with van der Waals surface area (Å²) in [5.74, 6) is 1.42. The smallest absolute Gasteiger partial charge is 0.237 e. The summed E-state index contributed by atoms with van der Waals surface area (Å²) in [5, 5.41) is 12.0. The highest BCUT2D eigenvalue weighted by atomic mass is 32.2. The lowest BCUT2D eigenvalue weighted by Crippen LogP contribution is -2.23. The number of ether oxygens (including phenoxy) is 1. The van der Waals surface area contributed by atoms with E-state index < -0.39 is 0 Å². The molecule has 0 saturated carbocycles. The Labute approximate surface area is 181 Å².